The molecule has 1 saturated carbocycles. The quantitative estimate of drug-likeness (QED) is 0.896. The molecule has 2 aliphatic rings. The molecule has 0 aromatic heterocycles. The van der Waals surface area contributed by atoms with Crippen molar-refractivity contribution in [1.82, 2.24) is 10.0 Å². The second-order valence-electron chi connectivity index (χ2n) is 6.57. The zero-order valence-electron chi connectivity index (χ0n) is 13.1. The Balaban J connectivity index is 1.68. The Kier molecular flexibility index (Phi) is 5.16. The highest BCUT2D eigenvalue weighted by Gasteiger charge is 2.22. The fourth-order valence-corrected chi connectivity index (χ4v) is 4.87. The highest BCUT2D eigenvalue weighted by atomic mass is 32.2. The summed E-state index contributed by atoms with van der Waals surface area (Å²) in [7, 11) is -3.40. The summed E-state index contributed by atoms with van der Waals surface area (Å²) in [6.45, 7) is 1.70. The van der Waals surface area contributed by atoms with Crippen molar-refractivity contribution in [1.29, 1.82) is 0 Å². The zero-order chi connectivity index (χ0) is 15.4. The van der Waals surface area contributed by atoms with Crippen molar-refractivity contribution in [3.05, 3.63) is 29.8 Å². The minimum atomic E-state index is -3.40. The molecule has 1 aliphatic heterocycles. The topological polar surface area (TPSA) is 58.2 Å². The first-order valence-electron chi connectivity index (χ1n) is 8.48. The lowest BCUT2D eigenvalue weighted by molar-refractivity contribution is 0.428. The molecule has 2 fully saturated rings. The van der Waals surface area contributed by atoms with Crippen molar-refractivity contribution in [2.45, 2.75) is 61.8 Å². The molecule has 0 amide bonds. The van der Waals surface area contributed by atoms with E-state index in [1.54, 1.807) is 12.1 Å². The Bertz CT molecular complexity index is 571. The van der Waals surface area contributed by atoms with Crippen molar-refractivity contribution >= 4 is 10.0 Å². The average molecular weight is 322 g/mol. The standard InChI is InChI=1S/C17H26N2O2S/c20-22(21,19-16-7-4-12-18-13-16)17-10-8-15(9-11-17)14-5-2-1-3-6-14/h8-11,14,16,18-19H,1-7,12-13H2/t16-/m0/s1. The molecule has 5 heteroatoms. The van der Waals surface area contributed by atoms with Gasteiger partial charge >= 0.3 is 0 Å². The Labute approximate surface area is 133 Å². The average Bonchev–Trinajstić information content (AvgIpc) is 2.56. The number of nitrogens with one attached hydrogen (secondary N) is 2. The van der Waals surface area contributed by atoms with E-state index in [9.17, 15) is 8.42 Å². The van der Waals surface area contributed by atoms with E-state index < -0.39 is 10.0 Å². The summed E-state index contributed by atoms with van der Waals surface area (Å²) in [5.74, 6) is 0.612. The van der Waals surface area contributed by atoms with Crippen LogP contribution in [-0.2, 0) is 10.0 Å². The summed E-state index contributed by atoms with van der Waals surface area (Å²) in [6, 6.07) is 7.55. The third-order valence-corrected chi connectivity index (χ3v) is 6.42. The van der Waals surface area contributed by atoms with Crippen LogP contribution in [0.3, 0.4) is 0 Å². The molecule has 122 valence electrons. The Morgan fingerprint density at radius 1 is 0.955 bits per heavy atom. The van der Waals surface area contributed by atoms with Gasteiger partial charge in [-0.25, -0.2) is 13.1 Å². The van der Waals surface area contributed by atoms with Gasteiger partial charge in [-0.05, 0) is 55.8 Å². The fourth-order valence-electron chi connectivity index (χ4n) is 3.59. The fraction of sp³-hybridized carbons (Fsp3) is 0.647. The van der Waals surface area contributed by atoms with Crippen LogP contribution in [0.25, 0.3) is 0 Å². The third-order valence-electron chi connectivity index (χ3n) is 4.89. The van der Waals surface area contributed by atoms with E-state index in [1.165, 1.54) is 37.7 Å². The highest BCUT2D eigenvalue weighted by molar-refractivity contribution is 7.89. The Morgan fingerprint density at radius 3 is 2.32 bits per heavy atom. The molecule has 0 unspecified atom stereocenters. The molecule has 1 heterocycles. The maximum atomic E-state index is 12.4. The van der Waals surface area contributed by atoms with Crippen molar-refractivity contribution in [3.63, 3.8) is 0 Å². The summed E-state index contributed by atoms with van der Waals surface area (Å²) in [5, 5.41) is 3.23. The van der Waals surface area contributed by atoms with Gasteiger partial charge in [0, 0.05) is 12.6 Å². The van der Waals surface area contributed by atoms with E-state index in [2.05, 4.69) is 10.0 Å². The van der Waals surface area contributed by atoms with Crippen LogP contribution < -0.4 is 10.0 Å². The van der Waals surface area contributed by atoms with Crippen LogP contribution in [0.4, 0.5) is 0 Å². The third kappa shape index (κ3) is 3.89. The van der Waals surface area contributed by atoms with Gasteiger partial charge in [0.05, 0.1) is 4.90 Å². The number of hydrogen-bond acceptors (Lipinski definition) is 3. The number of benzene rings is 1. The first kappa shape index (κ1) is 16.0. The summed E-state index contributed by atoms with van der Waals surface area (Å²) >= 11 is 0. The van der Waals surface area contributed by atoms with Gasteiger partial charge in [-0.1, -0.05) is 31.4 Å². The van der Waals surface area contributed by atoms with Crippen LogP contribution in [-0.4, -0.2) is 27.5 Å². The van der Waals surface area contributed by atoms with Gasteiger partial charge in [0.25, 0.3) is 0 Å². The molecular formula is C17H26N2O2S. The van der Waals surface area contributed by atoms with Gasteiger partial charge in [-0.3, -0.25) is 0 Å². The van der Waals surface area contributed by atoms with E-state index in [-0.39, 0.29) is 6.04 Å². The molecule has 0 radical (unpaired) electrons. The van der Waals surface area contributed by atoms with E-state index >= 15 is 0 Å². The molecule has 0 spiro atoms. The van der Waals surface area contributed by atoms with E-state index in [4.69, 9.17) is 0 Å². The van der Waals surface area contributed by atoms with Gasteiger partial charge in [0.2, 0.25) is 10.0 Å². The number of hydrogen-bond donors (Lipinski definition) is 2. The van der Waals surface area contributed by atoms with Crippen molar-refractivity contribution in [2.75, 3.05) is 13.1 Å². The monoisotopic (exact) mass is 322 g/mol. The van der Waals surface area contributed by atoms with Crippen LogP contribution in [0.15, 0.2) is 29.2 Å². The lowest BCUT2D eigenvalue weighted by Crippen LogP contribution is -2.45. The summed E-state index contributed by atoms with van der Waals surface area (Å²) < 4.78 is 27.7. The summed E-state index contributed by atoms with van der Waals surface area (Å²) in [4.78, 5) is 0.387. The summed E-state index contributed by atoms with van der Waals surface area (Å²) in [6.07, 6.45) is 8.32. The van der Waals surface area contributed by atoms with Gasteiger partial charge in [0.15, 0.2) is 0 Å². The predicted molar refractivity (Wildman–Crippen MR) is 88.5 cm³/mol. The van der Waals surface area contributed by atoms with Crippen LogP contribution in [0.2, 0.25) is 0 Å². The minimum absolute atomic E-state index is 0.0109. The molecule has 1 aliphatic carbocycles. The summed E-state index contributed by atoms with van der Waals surface area (Å²) in [5.41, 5.74) is 1.29. The minimum Gasteiger partial charge on any atom is -0.315 e. The SMILES string of the molecule is O=S(=O)(N[C@H]1CCCNC1)c1ccc(C2CCCCC2)cc1. The molecule has 1 saturated heterocycles. The molecule has 4 nitrogen and oxygen atoms in total. The number of sulfonamides is 1. The van der Waals surface area contributed by atoms with Crippen LogP contribution in [0, 0.1) is 0 Å². The first-order valence-corrected chi connectivity index (χ1v) is 9.96. The zero-order valence-corrected chi connectivity index (χ0v) is 13.9. The van der Waals surface area contributed by atoms with Gasteiger partial charge in [-0.15, -0.1) is 0 Å². The normalized spacial score (nSPS) is 24.3. The molecule has 1 aromatic rings. The molecular weight excluding hydrogens is 296 g/mol. The molecule has 1 atom stereocenters. The smallest absolute Gasteiger partial charge is 0.240 e. The Hall–Kier alpha value is -0.910. The van der Waals surface area contributed by atoms with Gasteiger partial charge in [-0.2, -0.15) is 0 Å². The van der Waals surface area contributed by atoms with Crippen LogP contribution >= 0.6 is 0 Å². The largest absolute Gasteiger partial charge is 0.315 e. The van der Waals surface area contributed by atoms with Gasteiger partial charge in [0.1, 0.15) is 0 Å². The molecule has 22 heavy (non-hydrogen) atoms. The van der Waals surface area contributed by atoms with E-state index in [0.29, 0.717) is 10.8 Å². The maximum absolute atomic E-state index is 12.4. The maximum Gasteiger partial charge on any atom is 0.240 e. The number of rotatable bonds is 4. The predicted octanol–water partition coefficient (Wildman–Crippen LogP) is 2.76. The lowest BCUT2D eigenvalue weighted by Gasteiger charge is -2.24. The lowest BCUT2D eigenvalue weighted by atomic mass is 9.84. The van der Waals surface area contributed by atoms with E-state index in [0.717, 1.165) is 25.9 Å². The second kappa shape index (κ2) is 7.11. The molecule has 3 rings (SSSR count). The number of piperidine rings is 1. The van der Waals surface area contributed by atoms with Gasteiger partial charge < -0.3 is 5.32 Å². The van der Waals surface area contributed by atoms with E-state index in [1.807, 2.05) is 12.1 Å². The van der Waals surface area contributed by atoms with Crippen LogP contribution in [0.1, 0.15) is 56.4 Å². The first-order chi connectivity index (χ1) is 10.6. The molecule has 1 aromatic carbocycles. The molecule has 2 N–H and O–H groups in total. The van der Waals surface area contributed by atoms with Crippen molar-refractivity contribution in [2.24, 2.45) is 0 Å². The second-order valence-corrected chi connectivity index (χ2v) is 8.28. The highest BCUT2D eigenvalue weighted by Crippen LogP contribution is 2.32. The Morgan fingerprint density at radius 2 is 1.68 bits per heavy atom. The van der Waals surface area contributed by atoms with Crippen LogP contribution in [0.5, 0.6) is 0 Å². The van der Waals surface area contributed by atoms with Crippen molar-refractivity contribution < 1.29 is 8.42 Å². The molecule has 0 bridgehead atoms. The van der Waals surface area contributed by atoms with Crippen molar-refractivity contribution in [3.8, 4) is 0 Å².